The molecular weight excluding hydrogens is 1870 g/mol. The molecule has 0 spiro atoms. The van der Waals surface area contributed by atoms with Crippen LogP contribution in [0.1, 0.15) is 19.3 Å². The summed E-state index contributed by atoms with van der Waals surface area (Å²) in [6.45, 7) is -5.60. The van der Waals surface area contributed by atoms with E-state index in [1.54, 1.807) is 0 Å². The Morgan fingerprint density at radius 2 is 0.504 bits per heavy atom. The van der Waals surface area contributed by atoms with Crippen LogP contribution in [0.5, 0.6) is 0 Å². The Balaban J connectivity index is 0.0000186. The summed E-state index contributed by atoms with van der Waals surface area (Å²) in [5, 5.41) is 238. The maximum absolute atomic E-state index is 12.9. The van der Waals surface area contributed by atoms with Crippen molar-refractivity contribution in [2.45, 2.75) is 265 Å². The van der Waals surface area contributed by atoms with Crippen molar-refractivity contribution in [2.75, 3.05) is 39.6 Å². The number of carboxylic acid groups (broad SMARTS) is 4. The first kappa shape index (κ1) is 127. The van der Waals surface area contributed by atoms with E-state index in [0.717, 1.165) is 0 Å². The fraction of sp³-hybridized carbons (Fsp3) is 0.925. The van der Waals surface area contributed by atoms with E-state index in [1.807, 2.05) is 0 Å². The normalized spacial score (nSPS) is 41.7. The molecule has 8 aliphatic rings. The Morgan fingerprint density at radius 1 is 0.285 bits per heavy atom. The number of aliphatic hydroxyl groups is 17. The van der Waals surface area contributed by atoms with E-state index in [-0.39, 0.29) is 243 Å². The molecule has 58 nitrogen and oxygen atoms in total. The summed E-state index contributed by atoms with van der Waals surface area (Å²) in [6.07, 6.45) is -92.3. The van der Waals surface area contributed by atoms with Gasteiger partial charge in [0.1, 0.15) is 195 Å². The first-order chi connectivity index (χ1) is 53.5. The van der Waals surface area contributed by atoms with Crippen molar-refractivity contribution >= 4 is 65.1 Å². The number of hydrogen-bond acceptors (Lipinski definition) is 54. The van der Waals surface area contributed by atoms with Gasteiger partial charge in [0.05, 0.1) is 50.3 Å². The number of hydrogen-bond donors (Lipinski definition) is 22. The first-order valence-corrected chi connectivity index (χ1v) is 39.3. The zero-order chi connectivity index (χ0) is 85.9. The quantitative estimate of drug-likeness (QED) is 0.0157. The molecule has 668 valence electrons. The number of aliphatic carboxylic acids is 4. The van der Waals surface area contributed by atoms with Gasteiger partial charge < -0.3 is 226 Å². The number of carboxylic acids is 4. The number of carbonyl (C=O) groups excluding carboxylic acids is 4. The molecule has 8 fully saturated rings. The summed E-state index contributed by atoms with van der Waals surface area (Å²) >= 11 is 0. The summed E-state index contributed by atoms with van der Waals surface area (Å²) < 4.78 is 237. The fourth-order valence-electron chi connectivity index (χ4n) is 13.3. The molecule has 0 aromatic rings. The van der Waals surface area contributed by atoms with Crippen molar-refractivity contribution in [3.8, 4) is 0 Å². The summed E-state index contributed by atoms with van der Waals surface area (Å²) in [6, 6.07) is -10.6. The van der Waals surface area contributed by atoms with Gasteiger partial charge in [0.25, 0.3) is 0 Å². The van der Waals surface area contributed by atoms with Crippen LogP contribution in [-0.4, -0.2) is 448 Å². The van der Waals surface area contributed by atoms with Crippen molar-refractivity contribution in [3.63, 3.8) is 0 Å². The van der Waals surface area contributed by atoms with Crippen LogP contribution >= 0.6 is 0 Å². The minimum atomic E-state index is -6.04. The third-order valence-electron chi connectivity index (χ3n) is 18.8. The Bertz CT molecular complexity index is 3750. The van der Waals surface area contributed by atoms with E-state index in [4.69, 9.17) is 81.5 Å². The molecule has 0 radical (unpaired) electrons. The van der Waals surface area contributed by atoms with E-state index in [1.165, 1.54) is 18.9 Å². The van der Waals surface area contributed by atoms with Crippen LogP contribution in [0.4, 0.5) is 0 Å². The predicted molar refractivity (Wildman–Crippen MR) is 325 cm³/mol. The van der Waals surface area contributed by atoms with Crippen LogP contribution in [0.3, 0.4) is 0 Å². The van der Waals surface area contributed by atoms with Crippen LogP contribution in [0.2, 0.25) is 0 Å². The zero-order valence-corrected chi connectivity index (χ0v) is 85.2. The number of carbonyl (C=O) groups is 4. The molecule has 2 unspecified atom stereocenters. The standard InChI is InChI=1S/C53H89N5O53S4.8Na/c54-4-2-1-3-5-96-50-27(72)23(68)34(38(108-50)42(76)77)105-47-15(56-113(87,88)89)20(65)31(11(7-60)98-47)102-52-29(74)25(70)36(40(110-52)44(80)81)107-49-17(58-115(93,94)95)22(67)33(13(9-62)100-49)103-53-30(75)26(71)37(41(111-53)45(82)83)106-48-16(57-114(90,91)92)21(66)32(12(8-61)99-48)101-51-28(73)24(69)35(39(109-51)43(78)79)104-46-14(55-112(84,85)86)19(64)18(63)10(6-59)97-46;;;;;;;;/h10-41,46-53,55-75H,1-9,54H2,(H,76,77)(H,78,79)(H,80,81)(H,82,83)(H,84,85,86)(H,87,88,89)(H,90,91,92)(H,93,94,95);;;;;;;;/q;8*+1/p-8/t10-,11-,12-,13-,14-,15-,16-,17-,18-,19-,20-,21-,22-,23-,24-,25-,26-,27-,28-,29-,30-,31-,32-,33-,34+,35+,36+,37+,38?,39-,40-,41?,46-,47-,48-,49-,50-,51-,52-,53-;;;;;;;;/m1......../s1. The molecule has 8 aliphatic heterocycles. The predicted octanol–water partition coefficient (Wildman–Crippen LogP) is -50.0. The minimum Gasteiger partial charge on any atom is -0.735 e. The van der Waals surface area contributed by atoms with Gasteiger partial charge in [0.2, 0.25) is 0 Å². The molecule has 0 aromatic heterocycles. The van der Waals surface area contributed by atoms with E-state index in [0.29, 0.717) is 25.8 Å². The summed E-state index contributed by atoms with van der Waals surface area (Å²) in [5.74, 6) is -9.67. The van der Waals surface area contributed by atoms with Crippen LogP contribution in [0.25, 0.3) is 0 Å². The van der Waals surface area contributed by atoms with Gasteiger partial charge in [-0.2, -0.15) is 0 Å². The summed E-state index contributed by atoms with van der Waals surface area (Å²) in [7, 11) is -23.5. The van der Waals surface area contributed by atoms with Crippen molar-refractivity contribution in [3.05, 3.63) is 0 Å². The van der Waals surface area contributed by atoms with Gasteiger partial charge in [-0.05, 0) is 25.8 Å². The van der Waals surface area contributed by atoms with Gasteiger partial charge in [-0.15, -0.1) is 0 Å². The maximum atomic E-state index is 12.9. The number of unbranched alkanes of at least 4 members (excludes halogenated alkanes) is 2. The third-order valence-corrected chi connectivity index (χ3v) is 21.1. The van der Waals surface area contributed by atoms with Crippen LogP contribution in [0.15, 0.2) is 0 Å². The van der Waals surface area contributed by atoms with Gasteiger partial charge >= 0.3 is 236 Å². The second kappa shape index (κ2) is 55.1. The van der Waals surface area contributed by atoms with Crippen molar-refractivity contribution < 1.29 is 491 Å². The molecule has 8 saturated heterocycles. The van der Waals surface area contributed by atoms with Gasteiger partial charge in [0.15, 0.2) is 91.5 Å². The van der Waals surface area contributed by atoms with E-state index < -0.39 is 337 Å². The monoisotopic (exact) mass is 1950 g/mol. The van der Waals surface area contributed by atoms with Gasteiger partial charge in [-0.3, -0.25) is 0 Å². The largest absolute Gasteiger partial charge is 1.00 e. The minimum absolute atomic E-state index is 0. The molecule has 23 N–H and O–H groups in total. The molecule has 40 atom stereocenters. The average Bonchev–Trinajstić information content (AvgIpc) is 0.763. The van der Waals surface area contributed by atoms with E-state index >= 15 is 0 Å². The fourth-order valence-corrected chi connectivity index (χ4v) is 15.7. The van der Waals surface area contributed by atoms with Crippen LogP contribution in [-0.2, 0) is 136 Å². The van der Waals surface area contributed by atoms with Crippen molar-refractivity contribution in [1.29, 1.82) is 0 Å². The molecule has 0 amide bonds. The Kier molecular flexibility index (Phi) is 56.9. The van der Waals surface area contributed by atoms with E-state index in [2.05, 4.69) is 0 Å². The molecule has 8 heterocycles. The summed E-state index contributed by atoms with van der Waals surface area (Å²) in [5.41, 5.74) is 5.45. The number of nitrogens with two attached hydrogens (primary N) is 1. The second-order valence-corrected chi connectivity index (χ2v) is 31.1. The molecule has 123 heavy (non-hydrogen) atoms. The van der Waals surface area contributed by atoms with Gasteiger partial charge in [-0.1, -0.05) is 0 Å². The summed E-state index contributed by atoms with van der Waals surface area (Å²) in [4.78, 5) is 50.6. The number of rotatable bonds is 36. The number of nitrogens with one attached hydrogen (secondary N) is 4. The van der Waals surface area contributed by atoms with Crippen molar-refractivity contribution in [2.24, 2.45) is 5.73 Å². The molecule has 0 aliphatic carbocycles. The zero-order valence-electron chi connectivity index (χ0n) is 66.0. The first-order valence-electron chi connectivity index (χ1n) is 33.7. The third kappa shape index (κ3) is 32.8. The molecule has 0 aromatic carbocycles. The van der Waals surface area contributed by atoms with Crippen LogP contribution < -0.4 is 282 Å². The van der Waals surface area contributed by atoms with Crippen molar-refractivity contribution in [1.82, 2.24) is 18.9 Å². The molecular formula is C53H81N5Na8O53S4. The van der Waals surface area contributed by atoms with Gasteiger partial charge in [-0.25, -0.2) is 52.6 Å². The van der Waals surface area contributed by atoms with Crippen LogP contribution in [0, 0.1) is 0 Å². The number of ether oxygens (including phenoxy) is 16. The number of aliphatic hydroxyl groups excluding tert-OH is 17. The molecule has 0 saturated carbocycles. The van der Waals surface area contributed by atoms with E-state index in [9.17, 15) is 178 Å². The molecule has 0 bridgehead atoms. The Morgan fingerprint density at radius 3 is 0.732 bits per heavy atom. The maximum Gasteiger partial charge on any atom is 1.00 e. The molecule has 8 rings (SSSR count). The average molecular weight is 1950 g/mol. The Hall–Kier alpha value is 4.00. The second-order valence-electron chi connectivity index (χ2n) is 26.6. The SMILES string of the molecule is NCCCCCO[C@@H]1OC(C(=O)[O-])[C@@H](O[C@H]2O[C@H](CO)[C@@H](O[C@@H]3O[C@@H](C(=O)[O-])[C@@H](O[C@H]4O[C@H](CO)[C@@H](O[C@@H]5OC(C(=O)[O-])[C@@H](O[C@H]6O[C@H](CO)[C@@H](O[C@@H]7O[C@@H](C(=O)[O-])[C@@H](O[C@H]8O[C@H](CO)[C@@H](O)[C@H](O)[C@H]8NS(=O)(=O)[O-])[C@H](O)[C@H]7O)[C@H](O)[C@H]6NS(=O)(=O)[O-])[C@H](O)[C@H]5O)[C@H](O)[C@H]4NS(=O)(=O)[O-])[C@H](O)[C@H]3O)[C@H](O)[C@H]2NS(=O)(=O)[O-])[C@H](O)[C@H]1O.[Na+].[Na+].[Na+].[Na+].[Na+].[Na+].[Na+].[Na+]. The molecule has 70 heteroatoms. The van der Waals surface area contributed by atoms with Gasteiger partial charge in [0, 0.05) is 6.61 Å². The smallest absolute Gasteiger partial charge is 0.735 e. The Labute approximate surface area is 873 Å². The topological polar surface area (TPSA) is 955 Å².